The van der Waals surface area contributed by atoms with Crippen molar-refractivity contribution in [3.8, 4) is 0 Å². The maximum absolute atomic E-state index is 14.0. The molecule has 0 saturated carbocycles. The molecular weight excluding hydrogens is 375 g/mol. The molecule has 3 aromatic rings. The summed E-state index contributed by atoms with van der Waals surface area (Å²) in [4.78, 5) is 25.4. The van der Waals surface area contributed by atoms with E-state index in [0.717, 1.165) is 16.7 Å². The first-order valence-electron chi connectivity index (χ1n) is 9.26. The monoisotopic (exact) mass is 398 g/mol. The topological polar surface area (TPSA) is 58.2 Å². The predicted octanol–water partition coefficient (Wildman–Crippen LogP) is 4.81. The molecule has 146 valence electrons. The number of benzene rings is 2. The molecule has 2 amide bonds. The Hall–Kier alpha value is -2.73. The number of hydrogen-bond donors (Lipinski definition) is 2. The summed E-state index contributed by atoms with van der Waals surface area (Å²) < 4.78 is 14.8. The Kier molecular flexibility index (Phi) is 6.09. The van der Waals surface area contributed by atoms with Gasteiger partial charge in [0.2, 0.25) is 0 Å². The molecule has 0 fully saturated rings. The highest BCUT2D eigenvalue weighted by Gasteiger charge is 2.17. The van der Waals surface area contributed by atoms with Crippen LogP contribution < -0.4 is 10.6 Å². The summed E-state index contributed by atoms with van der Waals surface area (Å²) in [5.41, 5.74) is 2.04. The van der Waals surface area contributed by atoms with Gasteiger partial charge in [0.15, 0.2) is 0 Å². The van der Waals surface area contributed by atoms with E-state index in [-0.39, 0.29) is 23.7 Å². The SMILES string of the molecule is CCC(C)NC(=O)c1cccc(CNC(=O)c2sc3cccc(F)c3c2C)c1. The van der Waals surface area contributed by atoms with Crippen molar-refractivity contribution >= 4 is 33.2 Å². The van der Waals surface area contributed by atoms with Gasteiger partial charge in [-0.05, 0) is 55.7 Å². The number of nitrogens with one attached hydrogen (secondary N) is 2. The molecule has 28 heavy (non-hydrogen) atoms. The summed E-state index contributed by atoms with van der Waals surface area (Å²) >= 11 is 1.28. The summed E-state index contributed by atoms with van der Waals surface area (Å²) in [5.74, 6) is -0.684. The fraction of sp³-hybridized carbons (Fsp3) is 0.273. The van der Waals surface area contributed by atoms with Gasteiger partial charge in [-0.3, -0.25) is 9.59 Å². The number of thiophene rings is 1. The largest absolute Gasteiger partial charge is 0.350 e. The number of halogens is 1. The van der Waals surface area contributed by atoms with Gasteiger partial charge >= 0.3 is 0 Å². The van der Waals surface area contributed by atoms with Gasteiger partial charge in [0, 0.05) is 28.2 Å². The number of carbonyl (C=O) groups excluding carboxylic acids is 2. The molecular formula is C22H23FN2O2S. The maximum atomic E-state index is 14.0. The van der Waals surface area contributed by atoms with Crippen molar-refractivity contribution in [2.45, 2.75) is 39.8 Å². The van der Waals surface area contributed by atoms with Gasteiger partial charge in [-0.15, -0.1) is 11.3 Å². The summed E-state index contributed by atoms with van der Waals surface area (Å²) in [6, 6.07) is 12.1. The lowest BCUT2D eigenvalue weighted by Crippen LogP contribution is -2.32. The fourth-order valence-corrected chi connectivity index (χ4v) is 4.10. The zero-order valence-electron chi connectivity index (χ0n) is 16.1. The number of rotatable bonds is 6. The van der Waals surface area contributed by atoms with Crippen LogP contribution in [0, 0.1) is 12.7 Å². The summed E-state index contributed by atoms with van der Waals surface area (Å²) in [6.45, 7) is 6.02. The standard InChI is InChI=1S/C22H23FN2O2S/c1-4-13(2)25-21(26)16-8-5-7-15(11-16)12-24-22(27)20-14(3)19-17(23)9-6-10-18(19)28-20/h5-11,13H,4,12H2,1-3H3,(H,24,27)(H,25,26). The molecule has 2 aromatic carbocycles. The number of fused-ring (bicyclic) bond motifs is 1. The third kappa shape index (κ3) is 4.22. The number of aryl methyl sites for hydroxylation is 1. The molecule has 0 aliphatic rings. The lowest BCUT2D eigenvalue weighted by molar-refractivity contribution is 0.0937. The van der Waals surface area contributed by atoms with Crippen LogP contribution >= 0.6 is 11.3 Å². The van der Waals surface area contributed by atoms with Crippen molar-refractivity contribution in [3.63, 3.8) is 0 Å². The molecule has 1 heterocycles. The maximum Gasteiger partial charge on any atom is 0.261 e. The lowest BCUT2D eigenvalue weighted by atomic mass is 10.1. The summed E-state index contributed by atoms with van der Waals surface area (Å²) in [5, 5.41) is 6.30. The molecule has 6 heteroatoms. The van der Waals surface area contributed by atoms with Crippen LogP contribution in [0.5, 0.6) is 0 Å². The van der Waals surface area contributed by atoms with Crippen LogP contribution in [0.25, 0.3) is 10.1 Å². The van der Waals surface area contributed by atoms with E-state index in [0.29, 0.717) is 27.9 Å². The average molecular weight is 399 g/mol. The molecule has 0 radical (unpaired) electrons. The first-order chi connectivity index (χ1) is 13.4. The van der Waals surface area contributed by atoms with Crippen LogP contribution in [0.1, 0.15) is 51.4 Å². The molecule has 2 N–H and O–H groups in total. The highest BCUT2D eigenvalue weighted by molar-refractivity contribution is 7.21. The van der Waals surface area contributed by atoms with Gasteiger partial charge < -0.3 is 10.6 Å². The van der Waals surface area contributed by atoms with Crippen molar-refractivity contribution < 1.29 is 14.0 Å². The van der Waals surface area contributed by atoms with E-state index in [1.54, 1.807) is 31.2 Å². The molecule has 0 aliphatic carbocycles. The van der Waals surface area contributed by atoms with Crippen LogP contribution in [-0.4, -0.2) is 17.9 Å². The van der Waals surface area contributed by atoms with E-state index >= 15 is 0 Å². The smallest absolute Gasteiger partial charge is 0.261 e. The van der Waals surface area contributed by atoms with Crippen molar-refractivity contribution in [3.05, 3.63) is 69.8 Å². The van der Waals surface area contributed by atoms with Crippen molar-refractivity contribution in [2.24, 2.45) is 0 Å². The molecule has 0 bridgehead atoms. The summed E-state index contributed by atoms with van der Waals surface area (Å²) in [6.07, 6.45) is 0.858. The minimum absolute atomic E-state index is 0.104. The van der Waals surface area contributed by atoms with Gasteiger partial charge in [0.25, 0.3) is 11.8 Å². The highest BCUT2D eigenvalue weighted by Crippen LogP contribution is 2.32. The number of hydrogen-bond acceptors (Lipinski definition) is 3. The van der Waals surface area contributed by atoms with Crippen molar-refractivity contribution in [1.82, 2.24) is 10.6 Å². The third-order valence-electron chi connectivity index (χ3n) is 4.74. The number of amides is 2. The van der Waals surface area contributed by atoms with Gasteiger partial charge in [0.05, 0.1) is 4.88 Å². The van der Waals surface area contributed by atoms with Crippen molar-refractivity contribution in [1.29, 1.82) is 0 Å². The van der Waals surface area contributed by atoms with Crippen molar-refractivity contribution in [2.75, 3.05) is 0 Å². The zero-order chi connectivity index (χ0) is 20.3. The molecule has 0 saturated heterocycles. The second-order valence-electron chi connectivity index (χ2n) is 6.83. The molecule has 1 aromatic heterocycles. The van der Waals surface area contributed by atoms with Crippen LogP contribution in [0.15, 0.2) is 42.5 Å². The van der Waals surface area contributed by atoms with Gasteiger partial charge in [-0.25, -0.2) is 4.39 Å². The Balaban J connectivity index is 1.72. The van der Waals surface area contributed by atoms with E-state index < -0.39 is 0 Å². The second kappa shape index (κ2) is 8.52. The highest BCUT2D eigenvalue weighted by atomic mass is 32.1. The van der Waals surface area contributed by atoms with Crippen LogP contribution in [0.2, 0.25) is 0 Å². The quantitative estimate of drug-likeness (QED) is 0.626. The molecule has 0 spiro atoms. The van der Waals surface area contributed by atoms with Crippen LogP contribution in [-0.2, 0) is 6.54 Å². The third-order valence-corrected chi connectivity index (χ3v) is 6.00. The van der Waals surface area contributed by atoms with Crippen LogP contribution in [0.3, 0.4) is 0 Å². The lowest BCUT2D eigenvalue weighted by Gasteiger charge is -2.12. The van der Waals surface area contributed by atoms with E-state index in [1.807, 2.05) is 26.0 Å². The molecule has 4 nitrogen and oxygen atoms in total. The zero-order valence-corrected chi connectivity index (χ0v) is 17.0. The second-order valence-corrected chi connectivity index (χ2v) is 7.89. The van der Waals surface area contributed by atoms with E-state index in [9.17, 15) is 14.0 Å². The average Bonchev–Trinajstić information content (AvgIpc) is 3.04. The van der Waals surface area contributed by atoms with Gasteiger partial charge in [-0.1, -0.05) is 25.1 Å². The Morgan fingerprint density at radius 3 is 2.61 bits per heavy atom. The summed E-state index contributed by atoms with van der Waals surface area (Å²) in [7, 11) is 0. The van der Waals surface area contributed by atoms with Gasteiger partial charge in [-0.2, -0.15) is 0 Å². The fourth-order valence-electron chi connectivity index (χ4n) is 2.96. The molecule has 1 unspecified atom stereocenters. The van der Waals surface area contributed by atoms with Gasteiger partial charge in [0.1, 0.15) is 5.82 Å². The minimum atomic E-state index is -0.315. The molecule has 1 atom stereocenters. The molecule has 0 aliphatic heterocycles. The predicted molar refractivity (Wildman–Crippen MR) is 111 cm³/mol. The number of carbonyl (C=O) groups is 2. The van der Waals surface area contributed by atoms with E-state index in [2.05, 4.69) is 10.6 Å². The normalized spacial score (nSPS) is 12.0. The van der Waals surface area contributed by atoms with Crippen LogP contribution in [0.4, 0.5) is 4.39 Å². The first-order valence-corrected chi connectivity index (χ1v) is 10.1. The first kappa shape index (κ1) is 20.0. The Morgan fingerprint density at radius 2 is 1.89 bits per heavy atom. The van der Waals surface area contributed by atoms with E-state index in [4.69, 9.17) is 0 Å². The molecule has 3 rings (SSSR count). The van der Waals surface area contributed by atoms with E-state index in [1.165, 1.54) is 17.4 Å². The minimum Gasteiger partial charge on any atom is -0.350 e. The Bertz CT molecular complexity index is 1030. The Labute approximate surface area is 167 Å². The Morgan fingerprint density at radius 1 is 1.14 bits per heavy atom.